The van der Waals surface area contributed by atoms with Crippen molar-refractivity contribution in [2.75, 3.05) is 0 Å². The molecule has 4 N–H and O–H groups in total. The minimum atomic E-state index is 0.451. The second kappa shape index (κ2) is 5.00. The van der Waals surface area contributed by atoms with Crippen LogP contribution in [0, 0.1) is 13.8 Å². The molecule has 0 aliphatic heterocycles. The number of amidine groups is 1. The van der Waals surface area contributed by atoms with Crippen molar-refractivity contribution < 1.29 is 5.53 Å². The minimum absolute atomic E-state index is 0.451. The fourth-order valence-electron chi connectivity index (χ4n) is 2.24. The topological polar surface area (TPSA) is 81.3 Å². The van der Waals surface area contributed by atoms with E-state index < -0.39 is 0 Å². The number of aromatic nitrogens is 1. The van der Waals surface area contributed by atoms with E-state index >= 15 is 0 Å². The van der Waals surface area contributed by atoms with Gasteiger partial charge in [-0.3, -0.25) is 0 Å². The molecule has 0 bridgehead atoms. The Morgan fingerprint density at radius 2 is 2.06 bits per heavy atom. The third kappa shape index (κ3) is 2.11. The number of hydrogen-bond acceptors (Lipinski definition) is 1. The van der Waals surface area contributed by atoms with E-state index in [0.29, 0.717) is 12.3 Å². The summed E-state index contributed by atoms with van der Waals surface area (Å²) < 4.78 is 2.25. The van der Waals surface area contributed by atoms with Crippen LogP contribution in [0.3, 0.4) is 0 Å². The summed E-state index contributed by atoms with van der Waals surface area (Å²) in [6.45, 7) is 5.04. The molecular formula is C13H18N5+. The quantitative estimate of drug-likeness (QED) is 0.359. The highest BCUT2D eigenvalue weighted by molar-refractivity contribution is 5.85. The van der Waals surface area contributed by atoms with Gasteiger partial charge in [0.25, 0.3) is 0 Å². The molecule has 0 saturated carbocycles. The zero-order valence-electron chi connectivity index (χ0n) is 10.7. The van der Waals surface area contributed by atoms with E-state index in [1.807, 2.05) is 6.07 Å². The highest BCUT2D eigenvalue weighted by Crippen LogP contribution is 2.24. The Morgan fingerprint density at radius 1 is 1.33 bits per heavy atom. The molecule has 0 spiro atoms. The third-order valence-corrected chi connectivity index (χ3v) is 3.32. The predicted octanol–water partition coefficient (Wildman–Crippen LogP) is 1.13. The number of aryl methyl sites for hydroxylation is 2. The lowest BCUT2D eigenvalue weighted by atomic mass is 10.2. The van der Waals surface area contributed by atoms with Gasteiger partial charge in [0.1, 0.15) is 5.22 Å². The molecular weight excluding hydrogens is 226 g/mol. The first kappa shape index (κ1) is 12.3. The highest BCUT2D eigenvalue weighted by Gasteiger charge is 2.11. The van der Waals surface area contributed by atoms with Crippen LogP contribution in [-0.2, 0) is 6.54 Å². The lowest BCUT2D eigenvalue weighted by molar-refractivity contribution is -0.221. The van der Waals surface area contributed by atoms with E-state index in [0.717, 1.165) is 6.54 Å². The summed E-state index contributed by atoms with van der Waals surface area (Å²) >= 11 is 0. The average Bonchev–Trinajstić information content (AvgIpc) is 2.61. The van der Waals surface area contributed by atoms with Gasteiger partial charge in [0.05, 0.1) is 11.5 Å². The Kier molecular flexibility index (Phi) is 3.41. The lowest BCUT2D eigenvalue weighted by Crippen LogP contribution is -2.24. The molecule has 5 heteroatoms. The first-order valence-electron chi connectivity index (χ1n) is 5.91. The van der Waals surface area contributed by atoms with Crippen LogP contribution in [0.15, 0.2) is 34.6 Å². The van der Waals surface area contributed by atoms with Crippen molar-refractivity contribution >= 4 is 16.7 Å². The number of fused-ring (bicyclic) bond motifs is 1. The third-order valence-electron chi connectivity index (χ3n) is 3.32. The molecule has 0 aliphatic rings. The van der Waals surface area contributed by atoms with Gasteiger partial charge in [-0.1, -0.05) is 18.2 Å². The van der Waals surface area contributed by atoms with Gasteiger partial charge in [-0.05, 0) is 25.5 Å². The van der Waals surface area contributed by atoms with Gasteiger partial charge in [0.15, 0.2) is 0 Å². The molecule has 2 aromatic rings. The fraction of sp³-hybridized carbons (Fsp3) is 0.308. The van der Waals surface area contributed by atoms with Gasteiger partial charge in [-0.2, -0.15) is 5.53 Å². The van der Waals surface area contributed by atoms with E-state index in [1.165, 1.54) is 22.2 Å². The zero-order valence-corrected chi connectivity index (χ0v) is 10.7. The van der Waals surface area contributed by atoms with Crippen molar-refractivity contribution in [1.29, 1.82) is 0 Å². The van der Waals surface area contributed by atoms with Gasteiger partial charge in [-0.15, -0.1) is 0 Å². The molecule has 0 amide bonds. The number of hydrogen-bond donors (Lipinski definition) is 2. The fourth-order valence-corrected chi connectivity index (χ4v) is 2.24. The van der Waals surface area contributed by atoms with Crippen LogP contribution in [-0.4, -0.2) is 10.4 Å². The van der Waals surface area contributed by atoms with E-state index in [1.54, 1.807) is 0 Å². The van der Waals surface area contributed by atoms with Gasteiger partial charge >= 0.3 is 0 Å². The van der Waals surface area contributed by atoms with Crippen LogP contribution in [0.2, 0.25) is 0 Å². The van der Waals surface area contributed by atoms with Gasteiger partial charge < -0.3 is 10.3 Å². The minimum Gasteiger partial charge on any atom is -0.364 e. The van der Waals surface area contributed by atoms with Crippen molar-refractivity contribution in [1.82, 2.24) is 4.57 Å². The Balaban J connectivity index is 2.36. The number of para-hydroxylation sites is 1. The monoisotopic (exact) mass is 244 g/mol. The number of benzene rings is 1. The maximum absolute atomic E-state index is 5.70. The van der Waals surface area contributed by atoms with E-state index in [4.69, 9.17) is 11.3 Å². The van der Waals surface area contributed by atoms with Gasteiger partial charge in [-0.25, -0.2) is 0 Å². The van der Waals surface area contributed by atoms with Crippen LogP contribution >= 0.6 is 0 Å². The second-order valence-electron chi connectivity index (χ2n) is 4.34. The standard InChI is InChI=1S/C13H17N5/c1-9-10(2)18(8-7-13(14)16-17-15)12-6-4-3-5-11(9)12/h3-6H,7-8H2,1-2H3,(H3,14,15,16)/p+1. The molecule has 2 rings (SSSR count). The Labute approximate surface area is 106 Å². The summed E-state index contributed by atoms with van der Waals surface area (Å²) in [5, 5.41) is 8.12. The molecule has 94 valence electrons. The molecule has 0 unspecified atom stereocenters. The van der Waals surface area contributed by atoms with Crippen molar-refractivity contribution in [3.05, 3.63) is 35.5 Å². The van der Waals surface area contributed by atoms with Crippen LogP contribution in [0.4, 0.5) is 0 Å². The average molecular weight is 244 g/mol. The summed E-state index contributed by atoms with van der Waals surface area (Å²) in [5.41, 5.74) is 14.5. The summed E-state index contributed by atoms with van der Waals surface area (Å²) in [4.78, 5) is 0. The van der Waals surface area contributed by atoms with Crippen LogP contribution in [0.25, 0.3) is 10.9 Å². The molecule has 0 atom stereocenters. The summed E-state index contributed by atoms with van der Waals surface area (Å²) in [7, 11) is 0. The molecule has 0 saturated heterocycles. The first-order chi connectivity index (χ1) is 8.65. The van der Waals surface area contributed by atoms with Gasteiger partial charge in [0, 0.05) is 23.1 Å². The Bertz CT molecular complexity index is 609. The summed E-state index contributed by atoms with van der Waals surface area (Å²) in [6.07, 6.45) is 0.639. The van der Waals surface area contributed by atoms with Crippen molar-refractivity contribution in [3.63, 3.8) is 0 Å². The molecule has 0 radical (unpaired) electrons. The van der Waals surface area contributed by atoms with Gasteiger partial charge in [0.2, 0.25) is 5.84 Å². The zero-order chi connectivity index (χ0) is 13.1. The first-order valence-corrected chi connectivity index (χ1v) is 5.91. The second-order valence-corrected chi connectivity index (χ2v) is 4.34. The van der Waals surface area contributed by atoms with E-state index in [-0.39, 0.29) is 0 Å². The van der Waals surface area contributed by atoms with Crippen LogP contribution in [0.5, 0.6) is 0 Å². The maximum Gasteiger partial charge on any atom is 0.244 e. The lowest BCUT2D eigenvalue weighted by Gasteiger charge is -2.06. The number of rotatable bonds is 4. The number of nitrogens with zero attached hydrogens (tertiary/aromatic N) is 3. The summed E-state index contributed by atoms with van der Waals surface area (Å²) in [5.74, 6) is 0.451. The molecule has 18 heavy (non-hydrogen) atoms. The smallest absolute Gasteiger partial charge is 0.244 e. The Hall–Kier alpha value is -2.17. The SMILES string of the molecule is Cc1c(C)n(CC/C(N)=N/N=[NH2+])c2ccccc12. The predicted molar refractivity (Wildman–Crippen MR) is 72.0 cm³/mol. The van der Waals surface area contributed by atoms with Crippen LogP contribution < -0.4 is 11.3 Å². The van der Waals surface area contributed by atoms with Crippen molar-refractivity contribution in [2.45, 2.75) is 26.8 Å². The normalized spacial score (nSPS) is 12.0. The van der Waals surface area contributed by atoms with E-state index in [9.17, 15) is 0 Å². The van der Waals surface area contributed by atoms with E-state index in [2.05, 4.69) is 46.9 Å². The molecule has 0 fully saturated rings. The highest BCUT2D eigenvalue weighted by atomic mass is 15.3. The Morgan fingerprint density at radius 3 is 2.78 bits per heavy atom. The summed E-state index contributed by atoms with van der Waals surface area (Å²) in [6, 6.07) is 8.36. The maximum atomic E-state index is 5.70. The molecule has 1 aromatic carbocycles. The largest absolute Gasteiger partial charge is 0.364 e. The molecule has 5 nitrogen and oxygen atoms in total. The van der Waals surface area contributed by atoms with Crippen LogP contribution in [0.1, 0.15) is 17.7 Å². The molecule has 1 heterocycles. The van der Waals surface area contributed by atoms with Crippen molar-refractivity contribution in [2.24, 2.45) is 16.1 Å². The molecule has 1 aromatic heterocycles. The van der Waals surface area contributed by atoms with Crippen molar-refractivity contribution in [3.8, 4) is 0 Å². The molecule has 0 aliphatic carbocycles. The number of nitrogens with two attached hydrogens (primary N) is 2.